The number of hydrogen-bond donors (Lipinski definition) is 1. The number of nitrogens with zero attached hydrogens (tertiary/aromatic N) is 3. The number of ether oxygens (including phenoxy) is 1. The van der Waals surface area contributed by atoms with Crippen molar-refractivity contribution in [3.05, 3.63) is 0 Å². The van der Waals surface area contributed by atoms with Gasteiger partial charge in [-0.1, -0.05) is 25.6 Å². The molecule has 1 aromatic rings. The highest BCUT2D eigenvalue weighted by molar-refractivity contribution is 7.99. The summed E-state index contributed by atoms with van der Waals surface area (Å²) < 4.78 is 5.03. The second-order valence-corrected chi connectivity index (χ2v) is 4.65. The maximum absolute atomic E-state index is 5.03. The van der Waals surface area contributed by atoms with Gasteiger partial charge in [-0.3, -0.25) is 0 Å². The van der Waals surface area contributed by atoms with Crippen molar-refractivity contribution in [2.24, 2.45) is 5.92 Å². The molecule has 1 rings (SSSR count). The molecule has 0 saturated heterocycles. The Bertz CT molecular complexity index is 333. The largest absolute Gasteiger partial charge is 0.467 e. The fourth-order valence-electron chi connectivity index (χ4n) is 0.972. The molecule has 6 heteroatoms. The van der Waals surface area contributed by atoms with Crippen LogP contribution >= 0.6 is 11.8 Å². The third-order valence-electron chi connectivity index (χ3n) is 1.66. The van der Waals surface area contributed by atoms with Crippen LogP contribution in [0, 0.1) is 5.92 Å². The first-order chi connectivity index (χ1) is 7.65. The first-order valence-electron chi connectivity index (χ1n) is 5.32. The van der Waals surface area contributed by atoms with Gasteiger partial charge in [0.2, 0.25) is 5.95 Å². The quantitative estimate of drug-likeness (QED) is 0.770. The highest BCUT2D eigenvalue weighted by atomic mass is 32.2. The molecule has 0 bridgehead atoms. The van der Waals surface area contributed by atoms with Crippen molar-refractivity contribution < 1.29 is 4.74 Å². The van der Waals surface area contributed by atoms with E-state index < -0.39 is 0 Å². The van der Waals surface area contributed by atoms with Crippen molar-refractivity contribution in [3.63, 3.8) is 0 Å². The molecule has 0 radical (unpaired) electrons. The average Bonchev–Trinajstić information content (AvgIpc) is 2.26. The number of methoxy groups -OCH3 is 1. The standard InChI is InChI=1S/C10H18N4OS/c1-5-11-8-12-9(15-4)14-10(13-8)16-6-7(2)3/h7H,5-6H2,1-4H3,(H,11,12,13,14). The average molecular weight is 242 g/mol. The number of aromatic nitrogens is 3. The van der Waals surface area contributed by atoms with Gasteiger partial charge in [0, 0.05) is 12.3 Å². The van der Waals surface area contributed by atoms with Gasteiger partial charge in [0.05, 0.1) is 7.11 Å². The van der Waals surface area contributed by atoms with E-state index in [1.807, 2.05) is 6.92 Å². The molecule has 0 aromatic carbocycles. The third-order valence-corrected chi connectivity index (χ3v) is 2.93. The van der Waals surface area contributed by atoms with Crippen LogP contribution in [-0.4, -0.2) is 34.4 Å². The Kier molecular flexibility index (Phi) is 5.31. The first kappa shape index (κ1) is 13.0. The molecule has 0 aliphatic rings. The van der Waals surface area contributed by atoms with E-state index in [1.54, 1.807) is 18.9 Å². The predicted molar refractivity (Wildman–Crippen MR) is 66.1 cm³/mol. The molecular weight excluding hydrogens is 224 g/mol. The van der Waals surface area contributed by atoms with Gasteiger partial charge in [0.25, 0.3) is 0 Å². The predicted octanol–water partition coefficient (Wildman–Crippen LogP) is 2.06. The summed E-state index contributed by atoms with van der Waals surface area (Å²) in [6.07, 6.45) is 0. The molecule has 0 atom stereocenters. The summed E-state index contributed by atoms with van der Waals surface area (Å²) in [6.45, 7) is 7.10. The summed E-state index contributed by atoms with van der Waals surface area (Å²) in [5.74, 6) is 2.16. The van der Waals surface area contributed by atoms with Gasteiger partial charge < -0.3 is 10.1 Å². The van der Waals surface area contributed by atoms with Crippen LogP contribution in [0.1, 0.15) is 20.8 Å². The molecular formula is C10H18N4OS. The normalized spacial score (nSPS) is 10.6. The summed E-state index contributed by atoms with van der Waals surface area (Å²) >= 11 is 1.62. The van der Waals surface area contributed by atoms with E-state index in [2.05, 4.69) is 34.1 Å². The fraction of sp³-hybridized carbons (Fsp3) is 0.700. The van der Waals surface area contributed by atoms with Crippen molar-refractivity contribution in [1.82, 2.24) is 15.0 Å². The zero-order valence-corrected chi connectivity index (χ0v) is 11.0. The molecule has 0 unspecified atom stereocenters. The van der Waals surface area contributed by atoms with Gasteiger partial charge >= 0.3 is 6.01 Å². The Labute approximate surface area is 100 Å². The third kappa shape index (κ3) is 4.22. The van der Waals surface area contributed by atoms with E-state index in [0.29, 0.717) is 23.0 Å². The molecule has 0 spiro atoms. The Morgan fingerprint density at radius 2 is 2.06 bits per heavy atom. The lowest BCUT2D eigenvalue weighted by molar-refractivity contribution is 0.373. The second-order valence-electron chi connectivity index (χ2n) is 3.66. The molecule has 16 heavy (non-hydrogen) atoms. The summed E-state index contributed by atoms with van der Waals surface area (Å²) in [5.41, 5.74) is 0. The van der Waals surface area contributed by atoms with Gasteiger partial charge in [-0.25, -0.2) is 0 Å². The summed E-state index contributed by atoms with van der Waals surface area (Å²) in [4.78, 5) is 12.6. The Balaban J connectivity index is 2.77. The van der Waals surface area contributed by atoms with Crippen molar-refractivity contribution in [2.75, 3.05) is 24.7 Å². The minimum absolute atomic E-state index is 0.359. The fourth-order valence-corrected chi connectivity index (χ4v) is 1.75. The number of anilines is 1. The first-order valence-corrected chi connectivity index (χ1v) is 6.31. The molecule has 0 fully saturated rings. The van der Waals surface area contributed by atoms with Crippen LogP contribution in [0.4, 0.5) is 5.95 Å². The minimum atomic E-state index is 0.359. The lowest BCUT2D eigenvalue weighted by atomic mass is 10.3. The van der Waals surface area contributed by atoms with E-state index in [-0.39, 0.29) is 0 Å². The van der Waals surface area contributed by atoms with Gasteiger partial charge in [-0.2, -0.15) is 15.0 Å². The molecule has 1 aromatic heterocycles. The smallest absolute Gasteiger partial charge is 0.321 e. The number of nitrogens with one attached hydrogen (secondary N) is 1. The van der Waals surface area contributed by atoms with Crippen molar-refractivity contribution in [1.29, 1.82) is 0 Å². The zero-order valence-electron chi connectivity index (χ0n) is 10.1. The van der Waals surface area contributed by atoms with Gasteiger partial charge in [0.15, 0.2) is 5.16 Å². The minimum Gasteiger partial charge on any atom is -0.467 e. The molecule has 0 aliphatic heterocycles. The number of hydrogen-bond acceptors (Lipinski definition) is 6. The van der Waals surface area contributed by atoms with E-state index >= 15 is 0 Å². The van der Waals surface area contributed by atoms with Crippen LogP contribution < -0.4 is 10.1 Å². The van der Waals surface area contributed by atoms with Crippen molar-refractivity contribution in [3.8, 4) is 6.01 Å². The van der Waals surface area contributed by atoms with Gasteiger partial charge in [0.1, 0.15) is 0 Å². The Hall–Kier alpha value is -1.04. The molecule has 90 valence electrons. The SMILES string of the molecule is CCNc1nc(OC)nc(SCC(C)C)n1. The number of thioether (sulfide) groups is 1. The molecule has 0 aliphatic carbocycles. The van der Waals surface area contributed by atoms with Crippen LogP contribution in [0.2, 0.25) is 0 Å². The van der Waals surface area contributed by atoms with Crippen LogP contribution in [0.5, 0.6) is 6.01 Å². The molecule has 1 heterocycles. The molecule has 5 nitrogen and oxygen atoms in total. The van der Waals surface area contributed by atoms with Crippen LogP contribution in [-0.2, 0) is 0 Å². The Morgan fingerprint density at radius 3 is 2.62 bits per heavy atom. The van der Waals surface area contributed by atoms with Crippen LogP contribution in [0.25, 0.3) is 0 Å². The van der Waals surface area contributed by atoms with Crippen LogP contribution in [0.3, 0.4) is 0 Å². The van der Waals surface area contributed by atoms with Crippen LogP contribution in [0.15, 0.2) is 5.16 Å². The number of rotatable bonds is 6. The van der Waals surface area contributed by atoms with Crippen molar-refractivity contribution >= 4 is 17.7 Å². The summed E-state index contributed by atoms with van der Waals surface area (Å²) in [7, 11) is 1.56. The monoisotopic (exact) mass is 242 g/mol. The van der Waals surface area contributed by atoms with Gasteiger partial charge in [-0.05, 0) is 12.8 Å². The van der Waals surface area contributed by atoms with Crippen molar-refractivity contribution in [2.45, 2.75) is 25.9 Å². The lowest BCUT2D eigenvalue weighted by Crippen LogP contribution is -2.06. The van der Waals surface area contributed by atoms with E-state index in [4.69, 9.17) is 4.74 Å². The summed E-state index contributed by atoms with van der Waals surface area (Å²) in [5, 5.41) is 3.76. The Morgan fingerprint density at radius 1 is 1.31 bits per heavy atom. The highest BCUT2D eigenvalue weighted by Crippen LogP contribution is 2.19. The van der Waals surface area contributed by atoms with E-state index in [1.165, 1.54) is 0 Å². The molecule has 1 N–H and O–H groups in total. The second kappa shape index (κ2) is 6.52. The topological polar surface area (TPSA) is 59.9 Å². The maximum Gasteiger partial charge on any atom is 0.321 e. The van der Waals surface area contributed by atoms with Gasteiger partial charge in [-0.15, -0.1) is 0 Å². The van der Waals surface area contributed by atoms with E-state index in [9.17, 15) is 0 Å². The lowest BCUT2D eigenvalue weighted by Gasteiger charge is -2.07. The zero-order chi connectivity index (χ0) is 12.0. The molecule has 0 saturated carbocycles. The van der Waals surface area contributed by atoms with E-state index in [0.717, 1.165) is 12.3 Å². The maximum atomic E-state index is 5.03. The highest BCUT2D eigenvalue weighted by Gasteiger charge is 2.07. The molecule has 0 amide bonds. The summed E-state index contributed by atoms with van der Waals surface area (Å²) in [6, 6.07) is 0.359.